The Morgan fingerprint density at radius 2 is 1.82 bits per heavy atom. The number of ether oxygens (including phenoxy) is 1. The van der Waals surface area contributed by atoms with Crippen LogP contribution in [0.4, 0.5) is 0 Å². The summed E-state index contributed by atoms with van der Waals surface area (Å²) in [6.07, 6.45) is 4.11. The molecule has 0 aromatic carbocycles. The molecule has 2 bridgehead atoms. The van der Waals surface area contributed by atoms with Gasteiger partial charge in [-0.1, -0.05) is 13.8 Å². The quantitative estimate of drug-likeness (QED) is 0.540. The van der Waals surface area contributed by atoms with Crippen molar-refractivity contribution in [2.45, 2.75) is 83.5 Å². The van der Waals surface area contributed by atoms with E-state index in [2.05, 4.69) is 6.92 Å². The van der Waals surface area contributed by atoms with Gasteiger partial charge in [0.15, 0.2) is 0 Å². The number of carbonyl (C=O) groups is 1. The second kappa shape index (κ2) is 6.40. The maximum atomic E-state index is 11.6. The highest BCUT2D eigenvalue weighted by atomic mass is 16.5. The number of esters is 1. The number of hydrogen-bond donors (Lipinski definition) is 4. The number of carbonyl (C=O) groups excluding carboxylic acids is 1. The largest absolute Gasteiger partial charge is 0.463 e. The Morgan fingerprint density at radius 3 is 2.46 bits per heavy atom. The molecule has 9 atom stereocenters. The van der Waals surface area contributed by atoms with Crippen LogP contribution < -0.4 is 0 Å². The van der Waals surface area contributed by atoms with Crippen LogP contribution in [0.2, 0.25) is 0 Å². The van der Waals surface area contributed by atoms with E-state index in [0.717, 1.165) is 25.7 Å². The van der Waals surface area contributed by atoms with E-state index in [1.807, 2.05) is 6.92 Å². The second-order valence-electron chi connectivity index (χ2n) is 10.7. The average molecular weight is 397 g/mol. The van der Waals surface area contributed by atoms with Gasteiger partial charge < -0.3 is 25.2 Å². The summed E-state index contributed by atoms with van der Waals surface area (Å²) in [5.74, 6) is -0.254. The minimum Gasteiger partial charge on any atom is -0.463 e. The minimum atomic E-state index is -1.17. The fourth-order valence-corrected chi connectivity index (χ4v) is 8.28. The molecule has 4 fully saturated rings. The van der Waals surface area contributed by atoms with Gasteiger partial charge in [-0.2, -0.15) is 0 Å². The number of aliphatic hydroxyl groups is 4. The zero-order chi connectivity index (χ0) is 20.5. The molecule has 1 spiro atoms. The maximum absolute atomic E-state index is 11.6. The predicted octanol–water partition coefficient (Wildman–Crippen LogP) is 1.63. The Kier molecular flexibility index (Phi) is 4.70. The van der Waals surface area contributed by atoms with Crippen molar-refractivity contribution in [2.24, 2.45) is 34.0 Å². The van der Waals surface area contributed by atoms with E-state index in [-0.39, 0.29) is 35.9 Å². The lowest BCUT2D eigenvalue weighted by Gasteiger charge is -2.67. The molecule has 4 N–H and O–H groups in total. The molecule has 0 saturated heterocycles. The molecule has 6 heteroatoms. The van der Waals surface area contributed by atoms with Crippen molar-refractivity contribution in [2.75, 3.05) is 13.2 Å². The summed E-state index contributed by atoms with van der Waals surface area (Å²) < 4.78 is 5.16. The summed E-state index contributed by atoms with van der Waals surface area (Å²) in [6, 6.07) is 0. The third-order valence-corrected chi connectivity index (χ3v) is 9.83. The lowest BCUT2D eigenvalue weighted by atomic mass is 9.38. The summed E-state index contributed by atoms with van der Waals surface area (Å²) >= 11 is 0. The Bertz CT molecular complexity index is 653. The molecule has 0 heterocycles. The molecular weight excluding hydrogens is 360 g/mol. The molecule has 0 aromatic heterocycles. The lowest BCUT2D eigenvalue weighted by molar-refractivity contribution is -0.250. The van der Waals surface area contributed by atoms with Crippen molar-refractivity contribution in [1.82, 2.24) is 0 Å². The number of aliphatic hydroxyl groups excluding tert-OH is 3. The van der Waals surface area contributed by atoms with Crippen LogP contribution in [0.5, 0.6) is 0 Å². The standard InChI is InChI=1S/C22H36O6/c1-13(24)28-12-21(27)8-9-22-14(10-15(21)18(22)26)4-5-16-19(2,11-23)17(25)6-7-20(16,22)3/h14-18,23,25-27H,4-12H2,1-3H3/t14-,15+,16-,17+,18-,19-,20-,21-,22+/m0/s1. The van der Waals surface area contributed by atoms with Crippen molar-refractivity contribution in [3.05, 3.63) is 0 Å². The molecule has 4 aliphatic rings. The molecule has 4 saturated carbocycles. The van der Waals surface area contributed by atoms with E-state index in [1.54, 1.807) is 0 Å². The molecule has 6 nitrogen and oxygen atoms in total. The van der Waals surface area contributed by atoms with Crippen LogP contribution in [0.3, 0.4) is 0 Å². The molecule has 0 aromatic rings. The van der Waals surface area contributed by atoms with E-state index in [1.165, 1.54) is 6.92 Å². The van der Waals surface area contributed by atoms with Gasteiger partial charge in [0.25, 0.3) is 0 Å². The molecule has 4 rings (SSSR count). The Hall–Kier alpha value is -0.690. The van der Waals surface area contributed by atoms with Crippen LogP contribution >= 0.6 is 0 Å². The molecule has 0 aliphatic heterocycles. The molecule has 28 heavy (non-hydrogen) atoms. The SMILES string of the molecule is CC(=O)OC[C@@]1(O)CC[C@]23[C@@H](CC[C@H]4[C@](C)(CO)[C@H](O)CC[C@@]42C)C[C@@H]1[C@@H]3O. The lowest BCUT2D eigenvalue weighted by Crippen LogP contribution is -2.67. The van der Waals surface area contributed by atoms with Gasteiger partial charge in [-0.25, -0.2) is 0 Å². The van der Waals surface area contributed by atoms with Gasteiger partial charge in [0.2, 0.25) is 0 Å². The monoisotopic (exact) mass is 396 g/mol. The van der Waals surface area contributed by atoms with Crippen molar-refractivity contribution >= 4 is 5.97 Å². The van der Waals surface area contributed by atoms with Crippen LogP contribution in [-0.2, 0) is 9.53 Å². The Morgan fingerprint density at radius 1 is 1.11 bits per heavy atom. The smallest absolute Gasteiger partial charge is 0.302 e. The van der Waals surface area contributed by atoms with Crippen molar-refractivity contribution < 1.29 is 30.0 Å². The molecule has 4 aliphatic carbocycles. The number of hydrogen-bond acceptors (Lipinski definition) is 6. The van der Waals surface area contributed by atoms with Crippen LogP contribution in [0.1, 0.15) is 65.7 Å². The van der Waals surface area contributed by atoms with E-state index in [0.29, 0.717) is 25.2 Å². The number of rotatable bonds is 3. The van der Waals surface area contributed by atoms with Crippen LogP contribution in [-0.4, -0.2) is 57.4 Å². The highest BCUT2D eigenvalue weighted by Crippen LogP contribution is 2.75. The Labute approximate surface area is 167 Å². The Balaban J connectivity index is 1.71. The number of fused-ring (bicyclic) bond motifs is 2. The van der Waals surface area contributed by atoms with Gasteiger partial charge in [0, 0.05) is 23.7 Å². The highest BCUT2D eigenvalue weighted by molar-refractivity contribution is 5.66. The minimum absolute atomic E-state index is 0.0505. The van der Waals surface area contributed by atoms with Gasteiger partial charge >= 0.3 is 5.97 Å². The van der Waals surface area contributed by atoms with Gasteiger partial charge in [-0.15, -0.1) is 0 Å². The van der Waals surface area contributed by atoms with Crippen LogP contribution in [0.25, 0.3) is 0 Å². The first-order valence-corrected chi connectivity index (χ1v) is 10.9. The second-order valence-corrected chi connectivity index (χ2v) is 10.7. The average Bonchev–Trinajstić information content (AvgIpc) is 2.87. The molecule has 0 radical (unpaired) electrons. The summed E-state index contributed by atoms with van der Waals surface area (Å²) in [5.41, 5.74) is -2.23. The molecule has 160 valence electrons. The highest BCUT2D eigenvalue weighted by Gasteiger charge is 2.74. The topological polar surface area (TPSA) is 107 Å². The van der Waals surface area contributed by atoms with Gasteiger partial charge in [0.1, 0.15) is 12.2 Å². The van der Waals surface area contributed by atoms with E-state index in [9.17, 15) is 25.2 Å². The van der Waals surface area contributed by atoms with Gasteiger partial charge in [-0.3, -0.25) is 4.79 Å². The van der Waals surface area contributed by atoms with Crippen LogP contribution in [0, 0.1) is 34.0 Å². The van der Waals surface area contributed by atoms with Crippen molar-refractivity contribution in [3.8, 4) is 0 Å². The molecule has 0 amide bonds. The molecule has 0 unspecified atom stereocenters. The first-order chi connectivity index (χ1) is 13.0. The summed E-state index contributed by atoms with van der Waals surface area (Å²) in [7, 11) is 0. The van der Waals surface area contributed by atoms with E-state index >= 15 is 0 Å². The maximum Gasteiger partial charge on any atom is 0.302 e. The third-order valence-electron chi connectivity index (χ3n) is 9.83. The van der Waals surface area contributed by atoms with E-state index < -0.39 is 29.2 Å². The van der Waals surface area contributed by atoms with E-state index in [4.69, 9.17) is 4.74 Å². The van der Waals surface area contributed by atoms with Gasteiger partial charge in [0.05, 0.1) is 18.8 Å². The first kappa shape index (κ1) is 20.6. The first-order valence-electron chi connectivity index (χ1n) is 10.9. The fraction of sp³-hybridized carbons (Fsp3) is 0.955. The predicted molar refractivity (Wildman–Crippen MR) is 102 cm³/mol. The zero-order valence-corrected chi connectivity index (χ0v) is 17.4. The van der Waals surface area contributed by atoms with Crippen molar-refractivity contribution in [3.63, 3.8) is 0 Å². The summed E-state index contributed by atoms with van der Waals surface area (Å²) in [4.78, 5) is 11.3. The normalized spacial score (nSPS) is 55.3. The summed E-state index contributed by atoms with van der Waals surface area (Å²) in [5, 5.41) is 43.8. The summed E-state index contributed by atoms with van der Waals surface area (Å²) in [6.45, 7) is 5.49. The zero-order valence-electron chi connectivity index (χ0n) is 17.4. The van der Waals surface area contributed by atoms with Gasteiger partial charge in [-0.05, 0) is 62.2 Å². The van der Waals surface area contributed by atoms with Crippen molar-refractivity contribution in [1.29, 1.82) is 0 Å². The third kappa shape index (κ3) is 2.38. The molecular formula is C22H36O6. The fourth-order valence-electron chi connectivity index (χ4n) is 8.28. The van der Waals surface area contributed by atoms with Crippen LogP contribution in [0.15, 0.2) is 0 Å².